The molecule has 0 bridgehead atoms. The summed E-state index contributed by atoms with van der Waals surface area (Å²) in [6.45, 7) is 3.80. The number of nitrogens with zero attached hydrogens (tertiary/aromatic N) is 9. The van der Waals surface area contributed by atoms with Gasteiger partial charge < -0.3 is 15.4 Å². The van der Waals surface area contributed by atoms with E-state index in [1.807, 2.05) is 30.8 Å². The number of ether oxygens (including phenoxy) is 1. The number of fused-ring (bicyclic) bond motifs is 1. The molecule has 5 aromatic rings. The molecule has 0 spiro atoms. The molecule has 2 saturated carbocycles. The Hall–Kier alpha value is -4.79. The van der Waals surface area contributed by atoms with E-state index < -0.39 is 17.5 Å². The molecule has 0 unspecified atom stereocenters. The van der Waals surface area contributed by atoms with Crippen LogP contribution in [0, 0.1) is 18.7 Å². The Morgan fingerprint density at radius 2 is 1.96 bits per heavy atom. The van der Waals surface area contributed by atoms with Crippen molar-refractivity contribution in [3.63, 3.8) is 0 Å². The van der Waals surface area contributed by atoms with Crippen LogP contribution in [0.4, 0.5) is 16.0 Å². The number of halogens is 1. The Morgan fingerprint density at radius 3 is 2.60 bits per heavy atom. The summed E-state index contributed by atoms with van der Waals surface area (Å²) in [7, 11) is 1.59. The van der Waals surface area contributed by atoms with E-state index >= 15 is 0 Å². The van der Waals surface area contributed by atoms with Gasteiger partial charge >= 0.3 is 0 Å². The molecule has 15 heteroatoms. The van der Waals surface area contributed by atoms with Gasteiger partial charge in [0, 0.05) is 25.3 Å². The zero-order valence-corrected chi connectivity index (χ0v) is 25.4. The summed E-state index contributed by atoms with van der Waals surface area (Å²) in [4.78, 5) is 32.1. The van der Waals surface area contributed by atoms with Gasteiger partial charge in [0.25, 0.3) is 5.91 Å². The summed E-state index contributed by atoms with van der Waals surface area (Å²) < 4.78 is 22.5. The molecule has 5 aromatic heterocycles. The number of anilines is 2. The quantitative estimate of drug-likeness (QED) is 0.209. The third-order valence-corrected chi connectivity index (χ3v) is 8.77. The van der Waals surface area contributed by atoms with Gasteiger partial charge in [-0.25, -0.2) is 28.7 Å². The van der Waals surface area contributed by atoms with Crippen LogP contribution in [-0.4, -0.2) is 68.3 Å². The normalized spacial score (nSPS) is 20.8. The second-order valence-corrected chi connectivity index (χ2v) is 12.1. The van der Waals surface area contributed by atoms with Crippen LogP contribution in [0.25, 0.3) is 16.9 Å². The van der Waals surface area contributed by atoms with Gasteiger partial charge in [-0.3, -0.25) is 14.9 Å². The van der Waals surface area contributed by atoms with Gasteiger partial charge in [-0.1, -0.05) is 0 Å². The topological polar surface area (TPSA) is 166 Å². The van der Waals surface area contributed by atoms with Crippen LogP contribution in [0.2, 0.25) is 0 Å². The van der Waals surface area contributed by atoms with Crippen LogP contribution in [0.5, 0.6) is 0 Å². The lowest BCUT2D eigenvalue weighted by atomic mass is 9.76. The molecule has 2 aliphatic carbocycles. The summed E-state index contributed by atoms with van der Waals surface area (Å²) in [5.74, 6) is 2.16. The minimum atomic E-state index is -0.940. The Kier molecular flexibility index (Phi) is 7.47. The Labute approximate surface area is 258 Å². The summed E-state index contributed by atoms with van der Waals surface area (Å²) in [6, 6.07) is 1.91. The lowest BCUT2D eigenvalue weighted by Gasteiger charge is -2.38. The Balaban J connectivity index is 1.02. The molecular formula is C30H35FN12O2. The minimum absolute atomic E-state index is 0.178. The van der Waals surface area contributed by atoms with Gasteiger partial charge in [0.2, 0.25) is 0 Å². The average molecular weight is 615 g/mol. The molecule has 7 rings (SSSR count). The molecule has 1 atom stereocenters. The van der Waals surface area contributed by atoms with Crippen LogP contribution in [0.15, 0.2) is 37.1 Å². The number of hydrogen-bond donors (Lipinski definition) is 3. The van der Waals surface area contributed by atoms with Gasteiger partial charge in [0.15, 0.2) is 23.1 Å². The number of carbonyl (C=O) groups excluding carboxylic acids is 1. The van der Waals surface area contributed by atoms with Crippen molar-refractivity contribution in [2.24, 2.45) is 5.92 Å². The molecule has 5 heterocycles. The smallest absolute Gasteiger partial charge is 0.252 e. The lowest BCUT2D eigenvalue weighted by molar-refractivity contribution is -0.149. The monoisotopic (exact) mass is 614 g/mol. The zero-order chi connectivity index (χ0) is 31.1. The largest absolute Gasteiger partial charge is 0.368 e. The van der Waals surface area contributed by atoms with Crippen molar-refractivity contribution in [1.82, 2.24) is 55.0 Å². The SMILES string of the molecule is COC1(C(=O)N[C@@H](C)c2cnc(-n3cc(F)cn3)cn2)CCC(Cc2nc(Nc3cc(C)[nH]n3)c3cnn(C4CC4)c3n2)CC1. The zero-order valence-electron chi connectivity index (χ0n) is 25.4. The van der Waals surface area contributed by atoms with Crippen LogP contribution in [0.1, 0.15) is 74.7 Å². The second kappa shape index (κ2) is 11.6. The van der Waals surface area contributed by atoms with Crippen molar-refractivity contribution in [1.29, 1.82) is 0 Å². The van der Waals surface area contributed by atoms with Crippen molar-refractivity contribution < 1.29 is 13.9 Å². The van der Waals surface area contributed by atoms with Crippen LogP contribution in [-0.2, 0) is 16.0 Å². The highest BCUT2D eigenvalue weighted by Crippen LogP contribution is 2.39. The summed E-state index contributed by atoms with van der Waals surface area (Å²) in [5, 5.41) is 23.1. The van der Waals surface area contributed by atoms with Crippen molar-refractivity contribution in [2.75, 3.05) is 12.4 Å². The lowest BCUT2D eigenvalue weighted by Crippen LogP contribution is -2.51. The maximum Gasteiger partial charge on any atom is 0.252 e. The molecule has 0 aliphatic heterocycles. The first kappa shape index (κ1) is 29.0. The number of hydrogen-bond acceptors (Lipinski definition) is 10. The fourth-order valence-corrected chi connectivity index (χ4v) is 5.98. The van der Waals surface area contributed by atoms with Crippen LogP contribution in [0.3, 0.4) is 0 Å². The number of rotatable bonds is 10. The third-order valence-electron chi connectivity index (χ3n) is 8.77. The van der Waals surface area contributed by atoms with E-state index in [2.05, 4.69) is 41.0 Å². The fraction of sp³-hybridized carbons (Fsp3) is 0.467. The first-order chi connectivity index (χ1) is 21.8. The Morgan fingerprint density at radius 1 is 1.13 bits per heavy atom. The number of carbonyl (C=O) groups is 1. The number of aryl methyl sites for hydroxylation is 1. The second-order valence-electron chi connectivity index (χ2n) is 12.1. The molecule has 0 radical (unpaired) electrons. The molecule has 3 N–H and O–H groups in total. The van der Waals surface area contributed by atoms with Gasteiger partial charge in [-0.05, 0) is 58.3 Å². The van der Waals surface area contributed by atoms with Crippen molar-refractivity contribution in [3.8, 4) is 5.82 Å². The highest BCUT2D eigenvalue weighted by atomic mass is 19.1. The van der Waals surface area contributed by atoms with Crippen molar-refractivity contribution >= 4 is 28.6 Å². The average Bonchev–Trinajstić information content (AvgIpc) is 3.42. The molecule has 0 saturated heterocycles. The van der Waals surface area contributed by atoms with Crippen LogP contribution >= 0.6 is 0 Å². The van der Waals surface area contributed by atoms with E-state index in [0.29, 0.717) is 54.4 Å². The maximum atomic E-state index is 13.5. The number of aromatic nitrogens is 10. The highest BCUT2D eigenvalue weighted by molar-refractivity contribution is 5.88. The molecule has 14 nitrogen and oxygen atoms in total. The number of aromatic amines is 1. The van der Waals surface area contributed by atoms with Gasteiger partial charge in [-0.2, -0.15) is 15.3 Å². The fourth-order valence-electron chi connectivity index (χ4n) is 5.98. The third kappa shape index (κ3) is 5.87. The van der Waals surface area contributed by atoms with Crippen LogP contribution < -0.4 is 10.6 Å². The summed E-state index contributed by atoms with van der Waals surface area (Å²) in [6.07, 6.45) is 12.8. The number of H-pyrrole nitrogens is 1. The van der Waals surface area contributed by atoms with E-state index in [1.165, 1.54) is 17.1 Å². The van der Waals surface area contributed by atoms with Gasteiger partial charge in [-0.15, -0.1) is 0 Å². The standard InChI is InChI=1S/C30H35FN12O2/c1-17-10-25(41-40-17)38-27-22-13-35-43(21-4-5-21)28(22)39-24(37-27)11-19-6-8-30(45-3,9-7-19)29(44)36-18(2)23-14-33-26(15-32-23)42-16-20(31)12-34-42/h10,12-16,18-19,21H,4-9,11H2,1-3H3,(H,36,44)(H2,37,38,39,40,41)/t18-,19?,30?/m0/s1. The summed E-state index contributed by atoms with van der Waals surface area (Å²) >= 11 is 0. The summed E-state index contributed by atoms with van der Waals surface area (Å²) in [5.41, 5.74) is 1.42. The first-order valence-electron chi connectivity index (χ1n) is 15.2. The highest BCUT2D eigenvalue weighted by Gasteiger charge is 2.43. The molecule has 0 aromatic carbocycles. The van der Waals surface area contributed by atoms with E-state index in [0.717, 1.165) is 54.4 Å². The molecule has 2 fully saturated rings. The predicted octanol–water partition coefficient (Wildman–Crippen LogP) is 4.05. The van der Waals surface area contributed by atoms with E-state index in [1.54, 1.807) is 13.3 Å². The first-order valence-corrected chi connectivity index (χ1v) is 15.2. The minimum Gasteiger partial charge on any atom is -0.368 e. The maximum absolute atomic E-state index is 13.5. The van der Waals surface area contributed by atoms with E-state index in [9.17, 15) is 9.18 Å². The number of methoxy groups -OCH3 is 1. The molecule has 1 amide bonds. The van der Waals surface area contributed by atoms with E-state index in [-0.39, 0.29) is 5.91 Å². The van der Waals surface area contributed by atoms with Crippen molar-refractivity contribution in [3.05, 3.63) is 60.1 Å². The Bertz CT molecular complexity index is 1820. The van der Waals surface area contributed by atoms with Crippen molar-refractivity contribution in [2.45, 2.75) is 76.5 Å². The molecule has 2 aliphatic rings. The van der Waals surface area contributed by atoms with E-state index in [4.69, 9.17) is 14.7 Å². The predicted molar refractivity (Wildman–Crippen MR) is 161 cm³/mol. The number of amides is 1. The molecular weight excluding hydrogens is 579 g/mol. The molecule has 234 valence electrons. The van der Waals surface area contributed by atoms with Gasteiger partial charge in [0.1, 0.15) is 17.2 Å². The number of nitrogens with one attached hydrogen (secondary N) is 3. The molecule has 45 heavy (non-hydrogen) atoms. The van der Waals surface area contributed by atoms with Gasteiger partial charge in [0.05, 0.1) is 54.1 Å².